The lowest BCUT2D eigenvalue weighted by molar-refractivity contribution is 0.0697. The Kier molecular flexibility index (Phi) is 4.68. The molecule has 3 rings (SSSR count). The number of nitrogens with one attached hydrogen (secondary N) is 1. The molecule has 2 aromatic carbocycles. The highest BCUT2D eigenvalue weighted by atomic mass is 35.5. The topological polar surface area (TPSA) is 102 Å². The molecule has 132 valence electrons. The van der Waals surface area contributed by atoms with Crippen LogP contribution in [0.2, 0.25) is 10.0 Å². The lowest BCUT2D eigenvalue weighted by Crippen LogP contribution is -2.19. The summed E-state index contributed by atoms with van der Waals surface area (Å²) in [5.41, 5.74) is -0.459. The zero-order valence-electron chi connectivity index (χ0n) is 12.5. The van der Waals surface area contributed by atoms with Crippen LogP contribution in [-0.2, 0) is 10.0 Å². The average molecular weight is 404 g/mol. The molecule has 1 aliphatic rings. The number of halogens is 2. The summed E-state index contributed by atoms with van der Waals surface area (Å²) in [5, 5.41) is 9.48. The Hall–Kier alpha value is -2.16. The van der Waals surface area contributed by atoms with Gasteiger partial charge >= 0.3 is 5.97 Å². The molecule has 0 amide bonds. The maximum Gasteiger partial charge on any atom is 0.337 e. The van der Waals surface area contributed by atoms with Crippen molar-refractivity contribution in [2.45, 2.75) is 4.90 Å². The third-order valence-corrected chi connectivity index (χ3v) is 5.42. The highest BCUT2D eigenvalue weighted by Gasteiger charge is 2.25. The summed E-state index contributed by atoms with van der Waals surface area (Å²) in [4.78, 5) is 11.2. The SMILES string of the molecule is O=C(O)c1cc2c(cc1NS(=O)(=O)c1cc(Cl)ccc1Cl)OCCO2. The van der Waals surface area contributed by atoms with Crippen molar-refractivity contribution in [1.82, 2.24) is 0 Å². The van der Waals surface area contributed by atoms with Crippen molar-refractivity contribution >= 4 is 44.9 Å². The van der Waals surface area contributed by atoms with Gasteiger partial charge in [0, 0.05) is 17.2 Å². The quantitative estimate of drug-likeness (QED) is 0.811. The highest BCUT2D eigenvalue weighted by Crippen LogP contribution is 2.37. The highest BCUT2D eigenvalue weighted by molar-refractivity contribution is 7.92. The van der Waals surface area contributed by atoms with Crippen molar-refractivity contribution in [3.05, 3.63) is 45.9 Å². The minimum Gasteiger partial charge on any atom is -0.486 e. The van der Waals surface area contributed by atoms with Crippen molar-refractivity contribution in [3.8, 4) is 11.5 Å². The molecule has 2 N–H and O–H groups in total. The zero-order chi connectivity index (χ0) is 18.2. The van der Waals surface area contributed by atoms with Gasteiger partial charge in [0.2, 0.25) is 0 Å². The van der Waals surface area contributed by atoms with E-state index in [4.69, 9.17) is 32.7 Å². The minimum atomic E-state index is -4.18. The number of aromatic carboxylic acids is 1. The molecule has 0 atom stereocenters. The van der Waals surface area contributed by atoms with Crippen molar-refractivity contribution < 1.29 is 27.8 Å². The van der Waals surface area contributed by atoms with Gasteiger partial charge in [-0.3, -0.25) is 4.72 Å². The number of anilines is 1. The molecule has 1 heterocycles. The Labute approximate surface area is 153 Å². The Balaban J connectivity index is 2.07. The third-order valence-electron chi connectivity index (χ3n) is 3.34. The van der Waals surface area contributed by atoms with Gasteiger partial charge in [0.05, 0.1) is 16.3 Å². The predicted molar refractivity (Wildman–Crippen MR) is 91.7 cm³/mol. The van der Waals surface area contributed by atoms with Gasteiger partial charge in [0.1, 0.15) is 18.1 Å². The van der Waals surface area contributed by atoms with Crippen molar-refractivity contribution in [2.24, 2.45) is 0 Å². The number of hydrogen-bond donors (Lipinski definition) is 2. The van der Waals surface area contributed by atoms with Crippen molar-refractivity contribution in [2.75, 3.05) is 17.9 Å². The van der Waals surface area contributed by atoms with Crippen LogP contribution in [0.3, 0.4) is 0 Å². The number of benzene rings is 2. The van der Waals surface area contributed by atoms with Gasteiger partial charge in [0.15, 0.2) is 11.5 Å². The van der Waals surface area contributed by atoms with E-state index >= 15 is 0 Å². The van der Waals surface area contributed by atoms with Crippen LogP contribution in [0.15, 0.2) is 35.2 Å². The summed E-state index contributed by atoms with van der Waals surface area (Å²) >= 11 is 11.7. The van der Waals surface area contributed by atoms with E-state index in [1.807, 2.05) is 0 Å². The monoisotopic (exact) mass is 403 g/mol. The number of carboxylic acid groups (broad SMARTS) is 1. The first-order valence-corrected chi connectivity index (χ1v) is 9.16. The van der Waals surface area contributed by atoms with Crippen LogP contribution in [0.5, 0.6) is 11.5 Å². The van der Waals surface area contributed by atoms with E-state index in [2.05, 4.69) is 4.72 Å². The fourth-order valence-corrected chi connectivity index (χ4v) is 4.07. The molecule has 2 aromatic rings. The van der Waals surface area contributed by atoms with Gasteiger partial charge in [-0.2, -0.15) is 0 Å². The molecule has 25 heavy (non-hydrogen) atoms. The van der Waals surface area contributed by atoms with Gasteiger partial charge in [0.25, 0.3) is 10.0 Å². The van der Waals surface area contributed by atoms with E-state index in [0.29, 0.717) is 0 Å². The molecule has 7 nitrogen and oxygen atoms in total. The summed E-state index contributed by atoms with van der Waals surface area (Å²) < 4.78 is 38.1. The van der Waals surface area contributed by atoms with Crippen LogP contribution in [0.1, 0.15) is 10.4 Å². The number of carboxylic acids is 1. The van der Waals surface area contributed by atoms with E-state index in [-0.39, 0.29) is 50.9 Å². The van der Waals surface area contributed by atoms with Crippen molar-refractivity contribution in [1.29, 1.82) is 0 Å². The molecule has 0 saturated heterocycles. The molecule has 0 fully saturated rings. The zero-order valence-corrected chi connectivity index (χ0v) is 14.8. The number of carbonyl (C=O) groups is 1. The second kappa shape index (κ2) is 6.62. The maximum absolute atomic E-state index is 12.6. The molecule has 10 heteroatoms. The molecular formula is C15H11Cl2NO6S. The fraction of sp³-hybridized carbons (Fsp3) is 0.133. The second-order valence-corrected chi connectivity index (χ2v) is 7.52. The molecule has 0 saturated carbocycles. The first kappa shape index (κ1) is 17.7. The standard InChI is InChI=1S/C15H11Cl2NO6S/c16-8-1-2-10(17)14(5-8)25(21,22)18-11-7-13-12(23-3-4-24-13)6-9(11)15(19)20/h1-2,5-7,18H,3-4H2,(H,19,20). The van der Waals surface area contributed by atoms with Crippen molar-refractivity contribution in [3.63, 3.8) is 0 Å². The summed E-state index contributed by atoms with van der Waals surface area (Å²) in [6.07, 6.45) is 0. The Morgan fingerprint density at radius 1 is 1.08 bits per heavy atom. The molecule has 0 radical (unpaired) electrons. The molecular weight excluding hydrogens is 393 g/mol. The number of hydrogen-bond acceptors (Lipinski definition) is 5. The van der Waals surface area contributed by atoms with Crippen LogP contribution in [0.4, 0.5) is 5.69 Å². The van der Waals surface area contributed by atoms with E-state index in [9.17, 15) is 18.3 Å². The minimum absolute atomic E-state index is 0.0497. The Morgan fingerprint density at radius 3 is 2.36 bits per heavy atom. The fourth-order valence-electron chi connectivity index (χ4n) is 2.23. The number of sulfonamides is 1. The summed E-state index contributed by atoms with van der Waals surface area (Å²) in [7, 11) is -4.18. The lowest BCUT2D eigenvalue weighted by Gasteiger charge is -2.20. The first-order chi connectivity index (χ1) is 11.8. The van der Waals surface area contributed by atoms with E-state index in [1.54, 1.807) is 0 Å². The van der Waals surface area contributed by atoms with Gasteiger partial charge in [-0.25, -0.2) is 13.2 Å². The van der Waals surface area contributed by atoms with E-state index < -0.39 is 16.0 Å². The largest absolute Gasteiger partial charge is 0.486 e. The van der Waals surface area contributed by atoms with Crippen LogP contribution >= 0.6 is 23.2 Å². The maximum atomic E-state index is 12.6. The van der Waals surface area contributed by atoms with Crippen LogP contribution in [-0.4, -0.2) is 32.7 Å². The first-order valence-electron chi connectivity index (χ1n) is 6.93. The summed E-state index contributed by atoms with van der Waals surface area (Å²) in [6, 6.07) is 6.41. The third kappa shape index (κ3) is 3.60. The normalized spacial score (nSPS) is 13.4. The van der Waals surface area contributed by atoms with Crippen LogP contribution in [0.25, 0.3) is 0 Å². The average Bonchev–Trinajstić information content (AvgIpc) is 2.55. The molecule has 0 bridgehead atoms. The van der Waals surface area contributed by atoms with Gasteiger partial charge in [-0.15, -0.1) is 0 Å². The van der Waals surface area contributed by atoms with Gasteiger partial charge in [-0.05, 0) is 18.2 Å². The smallest absolute Gasteiger partial charge is 0.337 e. The number of ether oxygens (including phenoxy) is 2. The van der Waals surface area contributed by atoms with Crippen LogP contribution in [0, 0.1) is 0 Å². The van der Waals surface area contributed by atoms with E-state index in [1.165, 1.54) is 30.3 Å². The lowest BCUT2D eigenvalue weighted by atomic mass is 10.1. The summed E-state index contributed by atoms with van der Waals surface area (Å²) in [6.45, 7) is 0.543. The van der Waals surface area contributed by atoms with Gasteiger partial charge in [-0.1, -0.05) is 23.2 Å². The molecule has 0 aromatic heterocycles. The molecule has 1 aliphatic heterocycles. The van der Waals surface area contributed by atoms with E-state index in [0.717, 1.165) is 0 Å². The Bertz CT molecular complexity index is 961. The Morgan fingerprint density at radius 2 is 1.72 bits per heavy atom. The molecule has 0 spiro atoms. The number of rotatable bonds is 4. The summed E-state index contributed by atoms with van der Waals surface area (Å²) in [5.74, 6) is -0.856. The predicted octanol–water partition coefficient (Wildman–Crippen LogP) is 3.26. The second-order valence-electron chi connectivity index (χ2n) is 5.03. The molecule has 0 unspecified atom stereocenters. The number of fused-ring (bicyclic) bond motifs is 1. The van der Waals surface area contributed by atoms with Gasteiger partial charge < -0.3 is 14.6 Å². The molecule has 0 aliphatic carbocycles. The van der Waals surface area contributed by atoms with Crippen LogP contribution < -0.4 is 14.2 Å².